The number of aliphatic hydroxyl groups excluding tert-OH is 10. The van der Waals surface area contributed by atoms with Gasteiger partial charge in [0.25, 0.3) is 0 Å². The number of phosphoric ester groups is 1. The molecule has 1 aliphatic carbocycles. The van der Waals surface area contributed by atoms with Crippen molar-refractivity contribution in [2.24, 2.45) is 0 Å². The van der Waals surface area contributed by atoms with Gasteiger partial charge in [0.15, 0.2) is 18.7 Å². The summed E-state index contributed by atoms with van der Waals surface area (Å²) in [5.41, 5.74) is 0. The molecule has 0 spiro atoms. The Morgan fingerprint density at radius 2 is 0.660 bits per heavy atom. The highest BCUT2D eigenvalue weighted by Gasteiger charge is 2.58. The first-order valence-electron chi connectivity index (χ1n) is 38.3. The summed E-state index contributed by atoms with van der Waals surface area (Å²) in [5, 5.41) is 110. The van der Waals surface area contributed by atoms with Crippen molar-refractivity contribution in [1.82, 2.24) is 0 Å². The lowest BCUT2D eigenvalue weighted by atomic mass is 9.84. The molecule has 2 saturated heterocycles. The van der Waals surface area contributed by atoms with Gasteiger partial charge in [0.1, 0.15) is 98.7 Å². The molecule has 3 fully saturated rings. The van der Waals surface area contributed by atoms with Crippen molar-refractivity contribution in [2.45, 2.75) is 414 Å². The largest absolute Gasteiger partial charge is 0.472 e. The zero-order valence-electron chi connectivity index (χ0n) is 59.6. The van der Waals surface area contributed by atoms with Crippen LogP contribution < -0.4 is 0 Å². The Bertz CT molecular complexity index is 2010. The lowest BCUT2D eigenvalue weighted by Crippen LogP contribution is -2.69. The number of hydrogen-bond donors (Lipinski definition) is 11. The summed E-state index contributed by atoms with van der Waals surface area (Å²) < 4.78 is 65.0. The molecule has 0 radical (unpaired) electrons. The summed E-state index contributed by atoms with van der Waals surface area (Å²) in [7, 11) is -5.69. The molecule has 0 aromatic carbocycles. The maximum atomic E-state index is 14.3. The molecular weight excluding hydrogens is 1280 g/mol. The quantitative estimate of drug-likeness (QED) is 0.0117. The lowest BCUT2D eigenvalue weighted by molar-refractivity contribution is -0.360. The van der Waals surface area contributed by atoms with E-state index in [4.69, 9.17) is 42.2 Å². The molecule has 3 aliphatic rings. The predicted molar refractivity (Wildman–Crippen MR) is 365 cm³/mol. The van der Waals surface area contributed by atoms with Gasteiger partial charge in [0.2, 0.25) is 0 Å². The molecule has 3 rings (SSSR count). The van der Waals surface area contributed by atoms with E-state index in [9.17, 15) is 74.9 Å². The summed E-state index contributed by atoms with van der Waals surface area (Å²) in [6.45, 7) is 3.47. The minimum Gasteiger partial charge on any atom is -0.463 e. The minimum atomic E-state index is -5.69. The summed E-state index contributed by atoms with van der Waals surface area (Å²) in [4.78, 5) is 51.0. The second-order valence-electron chi connectivity index (χ2n) is 27.7. The monoisotopic (exact) mass is 1410 g/mol. The van der Waals surface area contributed by atoms with Crippen LogP contribution in [-0.4, -0.2) is 204 Å². The molecule has 18 atom stereocenters. The normalized spacial score (nSPS) is 27.7. The number of rotatable bonds is 60. The molecular formula is C72H135O24P. The molecule has 2 heterocycles. The Labute approximate surface area is 580 Å². The number of aliphatic hydroxyl groups is 10. The van der Waals surface area contributed by atoms with Crippen LogP contribution in [0.15, 0.2) is 0 Å². The Morgan fingerprint density at radius 1 is 0.361 bits per heavy atom. The Morgan fingerprint density at radius 3 is 1.01 bits per heavy atom. The summed E-state index contributed by atoms with van der Waals surface area (Å²) in [6.07, 6.45) is 11.6. The third-order valence-electron chi connectivity index (χ3n) is 19.1. The van der Waals surface area contributed by atoms with Gasteiger partial charge in [-0.05, 0) is 19.3 Å². The first-order chi connectivity index (χ1) is 46.8. The zero-order valence-corrected chi connectivity index (χ0v) is 60.5. The van der Waals surface area contributed by atoms with Crippen LogP contribution in [0.2, 0.25) is 0 Å². The van der Waals surface area contributed by atoms with E-state index in [1.54, 1.807) is 0 Å². The van der Waals surface area contributed by atoms with Crippen LogP contribution in [0, 0.1) is 0 Å². The molecule has 25 heteroatoms. The number of carbonyl (C=O) groups excluding carboxylic acids is 3. The number of esters is 3. The molecule has 2 aliphatic heterocycles. The Kier molecular flexibility index (Phi) is 50.2. The minimum absolute atomic E-state index is 0.0331. The van der Waals surface area contributed by atoms with Crippen molar-refractivity contribution >= 4 is 25.7 Å². The second-order valence-corrected chi connectivity index (χ2v) is 29.1. The smallest absolute Gasteiger partial charge is 0.463 e. The van der Waals surface area contributed by atoms with Crippen molar-refractivity contribution in [3.8, 4) is 0 Å². The fraction of sp³-hybridized carbons (Fsp3) is 0.958. The summed E-state index contributed by atoms with van der Waals surface area (Å²) >= 11 is 0. The number of ether oxygens (including phenoxy) is 7. The van der Waals surface area contributed by atoms with Gasteiger partial charge >= 0.3 is 25.7 Å². The third-order valence-corrected chi connectivity index (χ3v) is 20.1. The molecule has 1 saturated carbocycles. The van der Waals surface area contributed by atoms with Crippen molar-refractivity contribution in [3.05, 3.63) is 0 Å². The molecule has 24 nitrogen and oxygen atoms in total. The van der Waals surface area contributed by atoms with E-state index >= 15 is 0 Å². The van der Waals surface area contributed by atoms with Crippen LogP contribution in [0.4, 0.5) is 0 Å². The van der Waals surface area contributed by atoms with Gasteiger partial charge in [-0.25, -0.2) is 4.57 Å². The molecule has 0 amide bonds. The van der Waals surface area contributed by atoms with E-state index in [-0.39, 0.29) is 19.3 Å². The van der Waals surface area contributed by atoms with Crippen LogP contribution >= 0.6 is 7.82 Å². The fourth-order valence-corrected chi connectivity index (χ4v) is 13.8. The third kappa shape index (κ3) is 37.8. The highest BCUT2D eigenvalue weighted by Crippen LogP contribution is 2.49. The maximum absolute atomic E-state index is 14.3. The van der Waals surface area contributed by atoms with E-state index in [1.807, 2.05) is 0 Å². The fourth-order valence-electron chi connectivity index (χ4n) is 12.9. The SMILES string of the molecule is CCCCCCCCCCCCCCCCCC(=O)OCC1OC(OC2C(O)C(O)C(O)C(OC3OC(CO)C(O)C(O)C3O)C2OP(=O)(O)OCC(COC(=O)CCCCCCCCCCCCCC)OC(=O)CCCCCCCCCCCCCCCCC)C(O)C(O)C1O. The molecule has 0 bridgehead atoms. The lowest BCUT2D eigenvalue weighted by Gasteiger charge is -2.49. The molecule has 0 aromatic heterocycles. The van der Waals surface area contributed by atoms with Crippen LogP contribution in [-0.2, 0) is 61.2 Å². The summed E-state index contributed by atoms with van der Waals surface area (Å²) in [6, 6.07) is 0. The van der Waals surface area contributed by atoms with Gasteiger partial charge in [0, 0.05) is 19.3 Å². The average Bonchev–Trinajstić information content (AvgIpc) is 0.778. The first kappa shape index (κ1) is 89.2. The topological polar surface area (TPSA) is 374 Å². The van der Waals surface area contributed by atoms with Crippen molar-refractivity contribution < 1.29 is 117 Å². The van der Waals surface area contributed by atoms with Gasteiger partial charge < -0.3 is 89.1 Å². The molecule has 11 N–H and O–H groups in total. The van der Waals surface area contributed by atoms with Crippen LogP contribution in [0.25, 0.3) is 0 Å². The number of hydrogen-bond acceptors (Lipinski definition) is 23. The zero-order chi connectivity index (χ0) is 71.1. The Balaban J connectivity index is 1.72. The van der Waals surface area contributed by atoms with Gasteiger partial charge in [-0.15, -0.1) is 0 Å². The average molecular weight is 1420 g/mol. The highest BCUT2D eigenvalue weighted by molar-refractivity contribution is 7.47. The van der Waals surface area contributed by atoms with Crippen LogP contribution in [0.3, 0.4) is 0 Å². The van der Waals surface area contributed by atoms with E-state index in [2.05, 4.69) is 20.8 Å². The van der Waals surface area contributed by atoms with Gasteiger partial charge in [-0.3, -0.25) is 23.4 Å². The Hall–Kier alpha value is -2.04. The second kappa shape index (κ2) is 54.6. The van der Waals surface area contributed by atoms with E-state index in [1.165, 1.54) is 154 Å². The van der Waals surface area contributed by atoms with Crippen molar-refractivity contribution in [3.63, 3.8) is 0 Å². The first-order valence-corrected chi connectivity index (χ1v) is 39.8. The maximum Gasteiger partial charge on any atom is 0.472 e. The van der Waals surface area contributed by atoms with Gasteiger partial charge in [0.05, 0.1) is 13.2 Å². The molecule has 97 heavy (non-hydrogen) atoms. The highest BCUT2D eigenvalue weighted by atomic mass is 31.2. The molecule has 572 valence electrons. The standard InChI is InChI=1S/C72H135O24P/c1-4-7-10-13-16-19-22-25-27-29-32-35-38-41-44-47-57(75)89-52-55-60(78)62(80)67(85)72(93-55)95-69-65(83)63(81)64(82)68(94-71-66(84)61(79)59(77)54(49-73)92-71)70(69)96-97(86,87)90-51-53(50-88-56(74)46-43-40-37-34-31-24-21-18-15-12-9-6-3)91-58(76)48-45-42-39-36-33-30-28-26-23-20-17-14-11-8-5-2/h53-55,59-73,77-85H,4-52H2,1-3H3,(H,86,87). The van der Waals surface area contributed by atoms with E-state index in [0.29, 0.717) is 19.3 Å². The number of phosphoric acid groups is 1. The van der Waals surface area contributed by atoms with E-state index < -0.39 is 156 Å². The van der Waals surface area contributed by atoms with E-state index in [0.717, 1.165) is 96.3 Å². The van der Waals surface area contributed by atoms with Crippen LogP contribution in [0.1, 0.15) is 310 Å². The molecule has 18 unspecified atom stereocenters. The van der Waals surface area contributed by atoms with Crippen molar-refractivity contribution in [2.75, 3.05) is 26.4 Å². The van der Waals surface area contributed by atoms with Gasteiger partial charge in [-0.1, -0.05) is 271 Å². The predicted octanol–water partition coefficient (Wildman–Crippen LogP) is 10.6. The summed E-state index contributed by atoms with van der Waals surface area (Å²) in [5.74, 6) is -1.97. The van der Waals surface area contributed by atoms with Gasteiger partial charge in [-0.2, -0.15) is 0 Å². The van der Waals surface area contributed by atoms with Crippen molar-refractivity contribution in [1.29, 1.82) is 0 Å². The number of unbranched alkanes of at least 4 members (excludes halogenated alkanes) is 39. The van der Waals surface area contributed by atoms with Crippen LogP contribution in [0.5, 0.6) is 0 Å². The number of carbonyl (C=O) groups is 3. The molecule has 0 aromatic rings.